The Morgan fingerprint density at radius 3 is 2.28 bits per heavy atom. The van der Waals surface area contributed by atoms with Crippen molar-refractivity contribution >= 4 is 17.8 Å². The van der Waals surface area contributed by atoms with Crippen molar-refractivity contribution in [1.29, 1.82) is 0 Å². The van der Waals surface area contributed by atoms with Gasteiger partial charge in [-0.1, -0.05) is 71.9 Å². The zero-order valence-corrected chi connectivity index (χ0v) is 36.8. The zero-order chi connectivity index (χ0) is 41.3. The summed E-state index contributed by atoms with van der Waals surface area (Å²) in [6, 6.07) is 10.4. The average molecular weight is 794 g/mol. The highest BCUT2D eigenvalue weighted by atomic mass is 16.5. The number of rotatable bonds is 8. The molecule has 7 fully saturated rings. The molecule has 1 aromatic carbocycles. The third-order valence-corrected chi connectivity index (χ3v) is 19.7. The molecule has 11 atom stereocenters. The van der Waals surface area contributed by atoms with Crippen LogP contribution in [-0.2, 0) is 19.1 Å². The summed E-state index contributed by atoms with van der Waals surface area (Å²) >= 11 is 0. The minimum Gasteiger partial charge on any atom is -0.481 e. The number of aromatic nitrogens is 2. The summed E-state index contributed by atoms with van der Waals surface area (Å²) < 4.78 is 6.24. The van der Waals surface area contributed by atoms with Gasteiger partial charge in [0.25, 0.3) is 0 Å². The van der Waals surface area contributed by atoms with Gasteiger partial charge in [0, 0.05) is 12.0 Å². The van der Waals surface area contributed by atoms with E-state index in [1.807, 2.05) is 12.3 Å². The van der Waals surface area contributed by atoms with Crippen LogP contribution in [0.5, 0.6) is 0 Å². The van der Waals surface area contributed by atoms with E-state index < -0.39 is 11.4 Å². The van der Waals surface area contributed by atoms with Crippen LogP contribution >= 0.6 is 0 Å². The Labute approximate surface area is 347 Å². The first-order chi connectivity index (χ1) is 27.3. The molecule has 1 aromatic heterocycles. The van der Waals surface area contributed by atoms with Crippen molar-refractivity contribution in [2.75, 3.05) is 6.54 Å². The second-order valence-electron chi connectivity index (χ2n) is 23.1. The number of aromatic amines is 1. The van der Waals surface area contributed by atoms with Crippen molar-refractivity contribution in [3.05, 3.63) is 42.4 Å². The maximum absolute atomic E-state index is 15.6. The molecule has 316 valence electrons. The lowest BCUT2D eigenvalue weighted by atomic mass is 9.32. The van der Waals surface area contributed by atoms with E-state index in [0.29, 0.717) is 40.9 Å². The third kappa shape index (κ3) is 5.77. The molecule has 1 aliphatic heterocycles. The van der Waals surface area contributed by atoms with Gasteiger partial charge in [-0.15, -0.1) is 0 Å². The summed E-state index contributed by atoms with van der Waals surface area (Å²) in [4.78, 5) is 51.5. The van der Waals surface area contributed by atoms with Gasteiger partial charge in [0.15, 0.2) is 0 Å². The fourth-order valence-electron chi connectivity index (χ4n) is 16.0. The van der Waals surface area contributed by atoms with Crippen LogP contribution in [0.25, 0.3) is 11.3 Å². The third-order valence-electron chi connectivity index (χ3n) is 19.7. The molecule has 2 aromatic rings. The molecule has 58 heavy (non-hydrogen) atoms. The highest BCUT2D eigenvalue weighted by Crippen LogP contribution is 2.79. The summed E-state index contributed by atoms with van der Waals surface area (Å²) in [6.07, 6.45) is 17.1. The number of carbonyl (C=O) groups is 3. The van der Waals surface area contributed by atoms with E-state index in [2.05, 4.69) is 75.7 Å². The number of fused-ring (bicyclic) bond motifs is 7. The van der Waals surface area contributed by atoms with Crippen molar-refractivity contribution in [3.8, 4) is 11.3 Å². The molecule has 1 saturated heterocycles. The van der Waals surface area contributed by atoms with Gasteiger partial charge in [-0.3, -0.25) is 14.4 Å². The summed E-state index contributed by atoms with van der Waals surface area (Å²) in [5.74, 6) is 2.58. The van der Waals surface area contributed by atoms with Gasteiger partial charge in [-0.2, -0.15) is 0 Å². The number of benzene rings is 1. The molecule has 2 N–H and O–H groups in total. The van der Waals surface area contributed by atoms with E-state index >= 15 is 4.79 Å². The van der Waals surface area contributed by atoms with Crippen LogP contribution in [0.15, 0.2) is 36.5 Å². The number of hydrogen-bond acceptors (Lipinski definition) is 5. The highest BCUT2D eigenvalue weighted by molar-refractivity contribution is 5.85. The topological polar surface area (TPSA) is 113 Å². The van der Waals surface area contributed by atoms with Crippen molar-refractivity contribution in [2.24, 2.45) is 67.5 Å². The number of imidazole rings is 1. The van der Waals surface area contributed by atoms with Gasteiger partial charge in [0.2, 0.25) is 5.91 Å². The molecule has 0 unspecified atom stereocenters. The van der Waals surface area contributed by atoms with Crippen LogP contribution in [0.3, 0.4) is 0 Å². The number of nitrogens with one attached hydrogen (secondary N) is 1. The number of amides is 1. The van der Waals surface area contributed by atoms with Crippen molar-refractivity contribution in [1.82, 2.24) is 14.9 Å². The number of ether oxygens (including phenoxy) is 1. The second-order valence-corrected chi connectivity index (χ2v) is 23.1. The molecule has 1 amide bonds. The number of likely N-dealkylation sites (tertiary alicyclic amines) is 1. The first-order valence-electron chi connectivity index (χ1n) is 23.2. The molecule has 6 aliphatic carbocycles. The Kier molecular flexibility index (Phi) is 9.31. The smallest absolute Gasteiger partial charge is 0.309 e. The van der Waals surface area contributed by atoms with Gasteiger partial charge in [0.05, 0.1) is 35.2 Å². The van der Waals surface area contributed by atoms with Crippen LogP contribution in [0, 0.1) is 67.5 Å². The normalized spacial score (nSPS) is 41.1. The Hall–Kier alpha value is -3.16. The summed E-state index contributed by atoms with van der Waals surface area (Å²) in [5, 5.41) is 9.68. The van der Waals surface area contributed by atoms with E-state index in [1.165, 1.54) is 38.5 Å². The molecule has 9 rings (SSSR count). The molecule has 0 spiro atoms. The highest BCUT2D eigenvalue weighted by Gasteiger charge is 2.74. The van der Waals surface area contributed by atoms with E-state index in [-0.39, 0.29) is 51.6 Å². The lowest BCUT2D eigenvalue weighted by Gasteiger charge is -2.73. The van der Waals surface area contributed by atoms with E-state index in [0.717, 1.165) is 75.0 Å². The molecular weight excluding hydrogens is 723 g/mol. The average Bonchev–Trinajstić information content (AvgIpc) is 3.56. The lowest BCUT2D eigenvalue weighted by molar-refractivity contribution is -0.251. The molecule has 8 heteroatoms. The first kappa shape index (κ1) is 40.3. The summed E-state index contributed by atoms with van der Waals surface area (Å²) in [6.45, 7) is 19.2. The number of nitrogens with zero attached hydrogens (tertiary/aromatic N) is 2. The molecule has 2 heterocycles. The predicted octanol–water partition coefficient (Wildman–Crippen LogP) is 11.0. The van der Waals surface area contributed by atoms with Crippen LogP contribution in [0.1, 0.15) is 164 Å². The Morgan fingerprint density at radius 1 is 0.828 bits per heavy atom. The van der Waals surface area contributed by atoms with Crippen molar-refractivity contribution < 1.29 is 24.2 Å². The van der Waals surface area contributed by atoms with Crippen molar-refractivity contribution in [2.45, 2.75) is 164 Å². The number of aliphatic carboxylic acids is 1. The molecule has 0 bridgehead atoms. The molecule has 6 saturated carbocycles. The number of carboxylic acid groups (broad SMARTS) is 1. The monoisotopic (exact) mass is 794 g/mol. The minimum atomic E-state index is -1.15. The number of carbonyl (C=O) groups excluding carboxylic acids is 2. The molecule has 0 radical (unpaired) electrons. The zero-order valence-electron chi connectivity index (χ0n) is 36.8. The van der Waals surface area contributed by atoms with Crippen LogP contribution in [0.2, 0.25) is 0 Å². The van der Waals surface area contributed by atoms with Gasteiger partial charge in [-0.05, 0) is 161 Å². The quantitative estimate of drug-likeness (QED) is 0.257. The fourth-order valence-corrected chi connectivity index (χ4v) is 16.0. The summed E-state index contributed by atoms with van der Waals surface area (Å²) in [5.41, 5.74) is 1.31. The van der Waals surface area contributed by atoms with E-state index in [1.54, 1.807) is 13.8 Å². The van der Waals surface area contributed by atoms with E-state index in [9.17, 15) is 14.7 Å². The van der Waals surface area contributed by atoms with Gasteiger partial charge >= 0.3 is 11.9 Å². The Balaban J connectivity index is 0.991. The minimum absolute atomic E-state index is 0.00811. The number of esters is 1. The Bertz CT molecular complexity index is 1950. The molecular formula is C50H71N3O5. The van der Waals surface area contributed by atoms with Gasteiger partial charge < -0.3 is 19.7 Å². The Morgan fingerprint density at radius 2 is 1.57 bits per heavy atom. The summed E-state index contributed by atoms with van der Waals surface area (Å²) in [7, 11) is 0. The number of carboxylic acids is 1. The number of H-pyrrole nitrogens is 1. The maximum Gasteiger partial charge on any atom is 0.309 e. The largest absolute Gasteiger partial charge is 0.481 e. The maximum atomic E-state index is 15.6. The van der Waals surface area contributed by atoms with Gasteiger partial charge in [-0.25, -0.2) is 4.98 Å². The first-order valence-corrected chi connectivity index (χ1v) is 23.2. The fraction of sp³-hybridized carbons (Fsp3) is 0.760. The van der Waals surface area contributed by atoms with Crippen LogP contribution in [0.4, 0.5) is 0 Å². The number of hydrogen-bond donors (Lipinski definition) is 2. The predicted molar refractivity (Wildman–Crippen MR) is 225 cm³/mol. The van der Waals surface area contributed by atoms with E-state index in [4.69, 9.17) is 9.72 Å². The lowest BCUT2D eigenvalue weighted by Crippen LogP contribution is -2.67. The molecule has 8 nitrogen and oxygen atoms in total. The molecule has 7 aliphatic rings. The second kappa shape index (κ2) is 13.4. The SMILES string of the molecule is CC(C)(CC(=O)O[C@H]1CC[C@]2(C)[C@H]3CC[C@@H]4[C@H]5[C@H](C6(C)CC6)CC[C@]5(C(=O)N5CCC[C@@H]5c5ncc(-c6ccccc6)[nH]5)CC[C@@]4(C)[C@]3(C)CC[C@H]2C1(C)C)C(=O)O. The standard InChI is InChI=1S/C50H71N3O5/c1-44(2,43(56)57)29-39(54)58-38-20-21-47(6)36(45(38,3)4)19-22-49(8)37(47)17-16-33-40-32(46(5)24-25-46)18-23-50(40,27-26-48(33,49)7)42(55)53-28-12-15-35(53)41-51-30-34(52-41)31-13-10-9-11-14-31/h9-11,13-14,30,32-33,35-38,40H,12,15-29H2,1-8H3,(H,51,52)(H,56,57)/t32-,33-,35-,36+,37-,38+,40-,47+,48-,49-,50+/m1/s1. The van der Waals surface area contributed by atoms with Gasteiger partial charge in [0.1, 0.15) is 11.9 Å². The van der Waals surface area contributed by atoms with Crippen molar-refractivity contribution in [3.63, 3.8) is 0 Å². The van der Waals surface area contributed by atoms with Crippen LogP contribution < -0.4 is 0 Å². The van der Waals surface area contributed by atoms with Crippen LogP contribution in [-0.4, -0.2) is 50.5 Å².